The highest BCUT2D eigenvalue weighted by atomic mass is 19.4. The summed E-state index contributed by atoms with van der Waals surface area (Å²) in [5.74, 6) is 0.541. The SMILES string of the molecule is CC(C)(C)c1ccc(OCCC(F)(F)F)c(C(C)(C)C)c1. The first-order valence-corrected chi connectivity index (χ1v) is 7.15. The minimum atomic E-state index is -4.19. The fourth-order valence-electron chi connectivity index (χ4n) is 1.99. The van der Waals surface area contributed by atoms with Crippen LogP contribution >= 0.6 is 0 Å². The minimum absolute atomic E-state index is 0.00942. The number of rotatable bonds is 3. The second-order valence-electron chi connectivity index (χ2n) is 7.42. The van der Waals surface area contributed by atoms with Gasteiger partial charge in [-0.1, -0.05) is 53.7 Å². The van der Waals surface area contributed by atoms with Gasteiger partial charge in [-0.2, -0.15) is 13.2 Å². The molecule has 1 aromatic rings. The van der Waals surface area contributed by atoms with Gasteiger partial charge in [0.25, 0.3) is 0 Å². The molecule has 0 unspecified atom stereocenters. The Morgan fingerprint density at radius 3 is 1.90 bits per heavy atom. The van der Waals surface area contributed by atoms with Crippen molar-refractivity contribution < 1.29 is 17.9 Å². The Balaban J connectivity index is 3.04. The summed E-state index contributed by atoms with van der Waals surface area (Å²) in [5, 5.41) is 0. The predicted octanol–water partition coefficient (Wildman–Crippen LogP) is 5.61. The normalized spacial score (nSPS) is 13.4. The molecule has 0 N–H and O–H groups in total. The van der Waals surface area contributed by atoms with Gasteiger partial charge in [-0.15, -0.1) is 0 Å². The summed E-state index contributed by atoms with van der Waals surface area (Å²) < 4.78 is 42.1. The fourth-order valence-corrected chi connectivity index (χ4v) is 1.99. The van der Waals surface area contributed by atoms with Crippen LogP contribution in [-0.2, 0) is 10.8 Å². The third kappa shape index (κ3) is 5.60. The number of hydrogen-bond donors (Lipinski definition) is 0. The molecule has 0 fully saturated rings. The average molecular weight is 302 g/mol. The zero-order valence-electron chi connectivity index (χ0n) is 13.7. The van der Waals surface area contributed by atoms with Crippen molar-refractivity contribution in [2.24, 2.45) is 0 Å². The molecule has 1 rings (SSSR count). The van der Waals surface area contributed by atoms with Crippen molar-refractivity contribution in [1.82, 2.24) is 0 Å². The second kappa shape index (κ2) is 5.90. The molecule has 1 aromatic carbocycles. The zero-order chi connectivity index (χ0) is 16.5. The van der Waals surface area contributed by atoms with E-state index in [0.717, 1.165) is 11.1 Å². The number of ether oxygens (including phenoxy) is 1. The maximum absolute atomic E-state index is 12.2. The Hall–Kier alpha value is -1.19. The molecule has 0 spiro atoms. The van der Waals surface area contributed by atoms with E-state index >= 15 is 0 Å². The third-order valence-corrected chi connectivity index (χ3v) is 3.30. The molecule has 0 amide bonds. The van der Waals surface area contributed by atoms with E-state index in [2.05, 4.69) is 20.8 Å². The number of benzene rings is 1. The van der Waals surface area contributed by atoms with Gasteiger partial charge < -0.3 is 4.74 Å². The summed E-state index contributed by atoms with van der Waals surface area (Å²) in [6.45, 7) is 12.1. The lowest BCUT2D eigenvalue weighted by Crippen LogP contribution is -2.19. The quantitative estimate of drug-likeness (QED) is 0.705. The van der Waals surface area contributed by atoms with Crippen LogP contribution in [0.25, 0.3) is 0 Å². The fraction of sp³-hybridized carbons (Fsp3) is 0.647. The van der Waals surface area contributed by atoms with Crippen LogP contribution in [0, 0.1) is 0 Å². The Labute approximate surface area is 125 Å². The highest BCUT2D eigenvalue weighted by Crippen LogP contribution is 2.35. The van der Waals surface area contributed by atoms with Gasteiger partial charge >= 0.3 is 6.18 Å². The van der Waals surface area contributed by atoms with Gasteiger partial charge in [0.05, 0.1) is 13.0 Å². The molecule has 1 nitrogen and oxygen atoms in total. The maximum atomic E-state index is 12.2. The largest absolute Gasteiger partial charge is 0.493 e. The molecule has 0 atom stereocenters. The molecule has 0 aliphatic rings. The van der Waals surface area contributed by atoms with Crippen LogP contribution in [0.2, 0.25) is 0 Å². The Kier molecular flexibility index (Phi) is 5.01. The number of alkyl halides is 3. The van der Waals surface area contributed by atoms with Crippen LogP contribution < -0.4 is 4.74 Å². The van der Waals surface area contributed by atoms with Crippen molar-refractivity contribution in [3.63, 3.8) is 0 Å². The molecule has 120 valence electrons. The summed E-state index contributed by atoms with van der Waals surface area (Å²) in [6, 6.07) is 5.76. The van der Waals surface area contributed by atoms with Gasteiger partial charge in [0.2, 0.25) is 0 Å². The Morgan fingerprint density at radius 2 is 1.48 bits per heavy atom. The lowest BCUT2D eigenvalue weighted by molar-refractivity contribution is -0.139. The van der Waals surface area contributed by atoms with Gasteiger partial charge in [-0.25, -0.2) is 0 Å². The lowest BCUT2D eigenvalue weighted by atomic mass is 9.80. The van der Waals surface area contributed by atoms with Crippen LogP contribution in [0.15, 0.2) is 18.2 Å². The van der Waals surface area contributed by atoms with Crippen LogP contribution in [0.4, 0.5) is 13.2 Å². The lowest BCUT2D eigenvalue weighted by Gasteiger charge is -2.27. The summed E-state index contributed by atoms with van der Waals surface area (Å²) in [6.07, 6.45) is -5.12. The molecule has 0 radical (unpaired) electrons. The van der Waals surface area contributed by atoms with E-state index < -0.39 is 12.6 Å². The van der Waals surface area contributed by atoms with Crippen LogP contribution in [0.1, 0.15) is 59.1 Å². The topological polar surface area (TPSA) is 9.23 Å². The molecule has 4 heteroatoms. The summed E-state index contributed by atoms with van der Waals surface area (Å²) in [7, 11) is 0. The molecule has 0 saturated carbocycles. The smallest absolute Gasteiger partial charge is 0.392 e. The Morgan fingerprint density at radius 1 is 0.905 bits per heavy atom. The van der Waals surface area contributed by atoms with Gasteiger partial charge in [0.1, 0.15) is 5.75 Å². The van der Waals surface area contributed by atoms with E-state index in [1.165, 1.54) is 0 Å². The first-order chi connectivity index (χ1) is 9.31. The molecule has 0 bridgehead atoms. The molecule has 0 heterocycles. The Bertz CT molecular complexity index is 476. The minimum Gasteiger partial charge on any atom is -0.493 e. The molecule has 0 aromatic heterocycles. The van der Waals surface area contributed by atoms with E-state index in [9.17, 15) is 13.2 Å². The van der Waals surface area contributed by atoms with Crippen molar-refractivity contribution in [3.05, 3.63) is 29.3 Å². The highest BCUT2D eigenvalue weighted by molar-refractivity contribution is 5.43. The van der Waals surface area contributed by atoms with Crippen LogP contribution in [-0.4, -0.2) is 12.8 Å². The summed E-state index contributed by atoms with van der Waals surface area (Å²) in [5.41, 5.74) is 1.90. The zero-order valence-corrected chi connectivity index (χ0v) is 13.7. The van der Waals surface area contributed by atoms with Gasteiger partial charge in [0, 0.05) is 0 Å². The van der Waals surface area contributed by atoms with Crippen molar-refractivity contribution in [2.75, 3.05) is 6.61 Å². The van der Waals surface area contributed by atoms with Crippen LogP contribution in [0.5, 0.6) is 5.75 Å². The van der Waals surface area contributed by atoms with Crippen molar-refractivity contribution in [3.8, 4) is 5.75 Å². The molecule has 0 aliphatic carbocycles. The summed E-state index contributed by atoms with van der Waals surface area (Å²) in [4.78, 5) is 0. The number of halogens is 3. The van der Waals surface area contributed by atoms with E-state index in [0.29, 0.717) is 5.75 Å². The monoisotopic (exact) mass is 302 g/mol. The molecule has 21 heavy (non-hydrogen) atoms. The van der Waals surface area contributed by atoms with E-state index in [1.54, 1.807) is 6.07 Å². The molecular weight excluding hydrogens is 277 g/mol. The van der Waals surface area contributed by atoms with E-state index in [-0.39, 0.29) is 17.4 Å². The van der Waals surface area contributed by atoms with Crippen molar-refractivity contribution in [1.29, 1.82) is 0 Å². The number of hydrogen-bond acceptors (Lipinski definition) is 1. The van der Waals surface area contributed by atoms with Gasteiger partial charge in [-0.3, -0.25) is 0 Å². The first-order valence-electron chi connectivity index (χ1n) is 7.15. The average Bonchev–Trinajstić information content (AvgIpc) is 2.24. The predicted molar refractivity (Wildman–Crippen MR) is 80.0 cm³/mol. The van der Waals surface area contributed by atoms with E-state index in [4.69, 9.17) is 4.74 Å². The molecule has 0 aliphatic heterocycles. The van der Waals surface area contributed by atoms with Crippen LogP contribution in [0.3, 0.4) is 0 Å². The van der Waals surface area contributed by atoms with E-state index in [1.807, 2.05) is 32.9 Å². The third-order valence-electron chi connectivity index (χ3n) is 3.30. The summed E-state index contributed by atoms with van der Waals surface area (Å²) >= 11 is 0. The second-order valence-corrected chi connectivity index (χ2v) is 7.42. The van der Waals surface area contributed by atoms with Crippen molar-refractivity contribution in [2.45, 2.75) is 65.0 Å². The highest BCUT2D eigenvalue weighted by Gasteiger charge is 2.28. The van der Waals surface area contributed by atoms with Gasteiger partial charge in [-0.05, 0) is 28.0 Å². The van der Waals surface area contributed by atoms with Gasteiger partial charge in [0.15, 0.2) is 0 Å². The maximum Gasteiger partial charge on any atom is 0.392 e. The molecular formula is C17H25F3O. The van der Waals surface area contributed by atoms with Crippen molar-refractivity contribution >= 4 is 0 Å². The molecule has 0 saturated heterocycles. The standard InChI is InChI=1S/C17H25F3O/c1-15(2,3)12-7-8-14(13(11-12)16(4,5)6)21-10-9-17(18,19)20/h7-8,11H,9-10H2,1-6H3. The first kappa shape index (κ1) is 17.9.